The van der Waals surface area contributed by atoms with Gasteiger partial charge in [0.2, 0.25) is 0 Å². The van der Waals surface area contributed by atoms with E-state index in [1.54, 1.807) is 18.2 Å². The number of ether oxygens (including phenoxy) is 1. The lowest BCUT2D eigenvalue weighted by Crippen LogP contribution is -2.24. The maximum absolute atomic E-state index is 10.6. The van der Waals surface area contributed by atoms with Crippen molar-refractivity contribution in [1.82, 2.24) is 0 Å². The van der Waals surface area contributed by atoms with Crippen molar-refractivity contribution in [1.29, 1.82) is 0 Å². The first-order valence-corrected chi connectivity index (χ1v) is 4.77. The Morgan fingerprint density at radius 1 is 1.53 bits per heavy atom. The molecular weight excluding hydrogens is 194 g/mol. The average Bonchev–Trinajstić information content (AvgIpc) is 2.15. The van der Waals surface area contributed by atoms with E-state index in [0.717, 1.165) is 0 Å². The Balaban J connectivity index is 2.72. The molecule has 1 aromatic carbocycles. The van der Waals surface area contributed by atoms with Crippen LogP contribution in [0.3, 0.4) is 0 Å². The van der Waals surface area contributed by atoms with Gasteiger partial charge in [-0.3, -0.25) is 4.79 Å². The fraction of sp³-hybridized carbons (Fsp3) is 0.364. The molecular formula is C11H15NO3. The Labute approximate surface area is 88.7 Å². The third-order valence-corrected chi connectivity index (χ3v) is 1.82. The van der Waals surface area contributed by atoms with Crippen molar-refractivity contribution in [2.75, 3.05) is 6.61 Å². The summed E-state index contributed by atoms with van der Waals surface area (Å²) < 4.78 is 5.41. The van der Waals surface area contributed by atoms with Gasteiger partial charge in [-0.25, -0.2) is 0 Å². The van der Waals surface area contributed by atoms with Gasteiger partial charge in [0.15, 0.2) is 0 Å². The van der Waals surface area contributed by atoms with Gasteiger partial charge in [0.05, 0.1) is 6.42 Å². The number of carboxylic acid groups (broad SMARTS) is 1. The van der Waals surface area contributed by atoms with E-state index in [2.05, 4.69) is 0 Å². The molecule has 4 nitrogen and oxygen atoms in total. The van der Waals surface area contributed by atoms with Gasteiger partial charge in [-0.2, -0.15) is 0 Å². The van der Waals surface area contributed by atoms with Gasteiger partial charge in [0, 0.05) is 11.6 Å². The zero-order valence-corrected chi connectivity index (χ0v) is 8.64. The summed E-state index contributed by atoms with van der Waals surface area (Å²) in [5.41, 5.74) is 6.22. The van der Waals surface area contributed by atoms with Crippen LogP contribution in [-0.4, -0.2) is 23.7 Å². The minimum Gasteiger partial charge on any atom is -0.492 e. The summed E-state index contributed by atoms with van der Waals surface area (Å²) in [7, 11) is 0. The molecule has 0 aliphatic carbocycles. The van der Waals surface area contributed by atoms with Crippen LogP contribution in [0.4, 0.5) is 0 Å². The molecule has 1 rings (SSSR count). The van der Waals surface area contributed by atoms with E-state index in [-0.39, 0.29) is 12.5 Å². The van der Waals surface area contributed by atoms with Gasteiger partial charge in [-0.05, 0) is 13.0 Å². The van der Waals surface area contributed by atoms with Gasteiger partial charge >= 0.3 is 5.97 Å². The number of carboxylic acids is 1. The highest BCUT2D eigenvalue weighted by molar-refractivity contribution is 5.71. The summed E-state index contributed by atoms with van der Waals surface area (Å²) in [6, 6.07) is 7.02. The van der Waals surface area contributed by atoms with Gasteiger partial charge in [0.1, 0.15) is 12.4 Å². The molecule has 0 radical (unpaired) electrons. The lowest BCUT2D eigenvalue weighted by Gasteiger charge is -2.11. The van der Waals surface area contributed by atoms with Crippen LogP contribution in [0.1, 0.15) is 12.5 Å². The first-order chi connectivity index (χ1) is 7.09. The Bertz CT molecular complexity index is 336. The van der Waals surface area contributed by atoms with Crippen molar-refractivity contribution in [3.63, 3.8) is 0 Å². The van der Waals surface area contributed by atoms with Crippen molar-refractivity contribution >= 4 is 5.97 Å². The Morgan fingerprint density at radius 2 is 2.20 bits per heavy atom. The average molecular weight is 209 g/mol. The lowest BCUT2D eigenvalue weighted by atomic mass is 10.1. The molecule has 0 heterocycles. The SMILES string of the molecule is CC(N)COc1ccccc1CC(=O)O. The van der Waals surface area contributed by atoms with Crippen LogP contribution in [0.2, 0.25) is 0 Å². The molecule has 0 aliphatic rings. The lowest BCUT2D eigenvalue weighted by molar-refractivity contribution is -0.136. The van der Waals surface area contributed by atoms with Gasteiger partial charge in [0.25, 0.3) is 0 Å². The number of para-hydroxylation sites is 1. The standard InChI is InChI=1S/C11H15NO3/c1-8(12)7-15-10-5-3-2-4-9(10)6-11(13)14/h2-5,8H,6-7,12H2,1H3,(H,13,14). The molecule has 1 unspecified atom stereocenters. The maximum atomic E-state index is 10.6. The zero-order valence-electron chi connectivity index (χ0n) is 8.64. The van der Waals surface area contributed by atoms with E-state index in [4.69, 9.17) is 15.6 Å². The number of benzene rings is 1. The van der Waals surface area contributed by atoms with Crippen LogP contribution in [0.25, 0.3) is 0 Å². The second-order valence-electron chi connectivity index (χ2n) is 3.47. The second kappa shape index (κ2) is 5.36. The highest BCUT2D eigenvalue weighted by Crippen LogP contribution is 2.18. The predicted molar refractivity (Wildman–Crippen MR) is 56.9 cm³/mol. The molecule has 4 heteroatoms. The summed E-state index contributed by atoms with van der Waals surface area (Å²) in [5, 5.41) is 8.69. The fourth-order valence-electron chi connectivity index (χ4n) is 1.17. The number of aliphatic carboxylic acids is 1. The molecule has 0 aromatic heterocycles. The van der Waals surface area contributed by atoms with Crippen LogP contribution < -0.4 is 10.5 Å². The van der Waals surface area contributed by atoms with Crippen LogP contribution in [0.5, 0.6) is 5.75 Å². The van der Waals surface area contributed by atoms with E-state index in [0.29, 0.717) is 17.9 Å². The van der Waals surface area contributed by atoms with Crippen molar-refractivity contribution < 1.29 is 14.6 Å². The number of hydrogen-bond acceptors (Lipinski definition) is 3. The quantitative estimate of drug-likeness (QED) is 0.760. The van der Waals surface area contributed by atoms with Crippen molar-refractivity contribution in [3.8, 4) is 5.75 Å². The monoisotopic (exact) mass is 209 g/mol. The minimum atomic E-state index is -0.869. The van der Waals surface area contributed by atoms with Gasteiger partial charge < -0.3 is 15.6 Å². The maximum Gasteiger partial charge on any atom is 0.307 e. The highest BCUT2D eigenvalue weighted by atomic mass is 16.5. The fourth-order valence-corrected chi connectivity index (χ4v) is 1.17. The summed E-state index contributed by atoms with van der Waals surface area (Å²) >= 11 is 0. The predicted octanol–water partition coefficient (Wildman–Crippen LogP) is 1.04. The largest absolute Gasteiger partial charge is 0.492 e. The molecule has 3 N–H and O–H groups in total. The van der Waals surface area contributed by atoms with Crippen molar-refractivity contribution in [3.05, 3.63) is 29.8 Å². The molecule has 0 saturated heterocycles. The molecule has 1 atom stereocenters. The first kappa shape index (κ1) is 11.5. The number of hydrogen-bond donors (Lipinski definition) is 2. The molecule has 0 spiro atoms. The Kier molecular flexibility index (Phi) is 4.12. The summed E-state index contributed by atoms with van der Waals surface area (Å²) in [5.74, 6) is -0.274. The number of rotatable bonds is 5. The second-order valence-corrected chi connectivity index (χ2v) is 3.47. The van der Waals surface area contributed by atoms with Crippen molar-refractivity contribution in [2.24, 2.45) is 5.73 Å². The van der Waals surface area contributed by atoms with Crippen LogP contribution in [-0.2, 0) is 11.2 Å². The number of nitrogens with two attached hydrogens (primary N) is 1. The first-order valence-electron chi connectivity index (χ1n) is 4.77. The Morgan fingerprint density at radius 3 is 2.80 bits per heavy atom. The summed E-state index contributed by atoms with van der Waals surface area (Å²) in [6.45, 7) is 2.22. The van der Waals surface area contributed by atoms with Crippen molar-refractivity contribution in [2.45, 2.75) is 19.4 Å². The third-order valence-electron chi connectivity index (χ3n) is 1.82. The normalized spacial score (nSPS) is 12.1. The van der Waals surface area contributed by atoms with E-state index in [1.165, 1.54) is 0 Å². The summed E-state index contributed by atoms with van der Waals surface area (Å²) in [6.07, 6.45) is -0.0326. The number of carbonyl (C=O) groups is 1. The highest BCUT2D eigenvalue weighted by Gasteiger charge is 2.07. The van der Waals surface area contributed by atoms with E-state index < -0.39 is 5.97 Å². The molecule has 0 bridgehead atoms. The molecule has 15 heavy (non-hydrogen) atoms. The minimum absolute atomic E-state index is 0.0326. The third kappa shape index (κ3) is 3.99. The van der Waals surface area contributed by atoms with Crippen LogP contribution in [0.15, 0.2) is 24.3 Å². The smallest absolute Gasteiger partial charge is 0.307 e. The van der Waals surface area contributed by atoms with Gasteiger partial charge in [-0.1, -0.05) is 18.2 Å². The molecule has 1 aromatic rings. The van der Waals surface area contributed by atoms with Crippen LogP contribution >= 0.6 is 0 Å². The van der Waals surface area contributed by atoms with E-state index >= 15 is 0 Å². The summed E-state index contributed by atoms with van der Waals surface area (Å²) in [4.78, 5) is 10.6. The van der Waals surface area contributed by atoms with Crippen LogP contribution in [0, 0.1) is 0 Å². The zero-order chi connectivity index (χ0) is 11.3. The molecule has 82 valence electrons. The van der Waals surface area contributed by atoms with E-state index in [9.17, 15) is 4.79 Å². The molecule has 0 saturated carbocycles. The molecule has 0 fully saturated rings. The van der Waals surface area contributed by atoms with E-state index in [1.807, 2.05) is 13.0 Å². The van der Waals surface area contributed by atoms with Gasteiger partial charge in [-0.15, -0.1) is 0 Å². The Hall–Kier alpha value is -1.55. The molecule has 0 amide bonds. The topological polar surface area (TPSA) is 72.5 Å². The molecule has 0 aliphatic heterocycles.